The number of hydrogen-bond donors (Lipinski definition) is 2. The van der Waals surface area contributed by atoms with Gasteiger partial charge in [-0.2, -0.15) is 5.10 Å². The number of H-pyrrole nitrogens is 1. The fraction of sp³-hybridized carbons (Fsp3) is 0.167. The molecule has 0 radical (unpaired) electrons. The van der Waals surface area contributed by atoms with E-state index in [1.54, 1.807) is 6.07 Å². The number of nitrogens with one attached hydrogen (secondary N) is 2. The van der Waals surface area contributed by atoms with Crippen LogP contribution in [0.4, 0.5) is 10.5 Å². The molecule has 5 heteroatoms. The van der Waals surface area contributed by atoms with Gasteiger partial charge in [0.2, 0.25) is 0 Å². The van der Waals surface area contributed by atoms with E-state index in [1.807, 2.05) is 31.2 Å². The minimum Gasteiger partial charge on any atom is -0.453 e. The number of rotatable bonds is 2. The third kappa shape index (κ3) is 2.63. The van der Waals surface area contributed by atoms with E-state index in [9.17, 15) is 4.79 Å². The number of anilines is 1. The molecule has 0 unspecified atom stereocenters. The Morgan fingerprint density at radius 3 is 2.88 bits per heavy atom. The Balaban J connectivity index is 2.25. The van der Waals surface area contributed by atoms with Gasteiger partial charge in [0, 0.05) is 16.9 Å². The Morgan fingerprint density at radius 2 is 2.24 bits per heavy atom. The number of ether oxygens (including phenoxy) is 1. The first-order valence-corrected chi connectivity index (χ1v) is 5.16. The van der Waals surface area contributed by atoms with Crippen LogP contribution in [0.25, 0.3) is 11.3 Å². The maximum absolute atomic E-state index is 11.1. The summed E-state index contributed by atoms with van der Waals surface area (Å²) in [6, 6.07) is 9.35. The van der Waals surface area contributed by atoms with Crippen molar-refractivity contribution >= 4 is 11.8 Å². The van der Waals surface area contributed by atoms with Gasteiger partial charge in [-0.25, -0.2) is 4.79 Å². The fourth-order valence-electron chi connectivity index (χ4n) is 1.49. The second-order valence-electron chi connectivity index (χ2n) is 3.63. The van der Waals surface area contributed by atoms with Gasteiger partial charge in [-0.05, 0) is 25.1 Å². The zero-order valence-electron chi connectivity index (χ0n) is 9.65. The third-order valence-electron chi connectivity index (χ3n) is 2.30. The van der Waals surface area contributed by atoms with E-state index in [2.05, 4.69) is 20.3 Å². The molecule has 0 atom stereocenters. The molecule has 0 aliphatic heterocycles. The fourth-order valence-corrected chi connectivity index (χ4v) is 1.49. The molecule has 1 amide bonds. The predicted octanol–water partition coefficient (Wildman–Crippen LogP) is 2.56. The van der Waals surface area contributed by atoms with Gasteiger partial charge in [-0.15, -0.1) is 0 Å². The van der Waals surface area contributed by atoms with Crippen LogP contribution in [0.1, 0.15) is 5.69 Å². The summed E-state index contributed by atoms with van der Waals surface area (Å²) in [6.45, 7) is 1.94. The SMILES string of the molecule is COC(=O)Nc1cccc(-c2cc(C)[nH]n2)c1. The molecule has 1 heterocycles. The lowest BCUT2D eigenvalue weighted by Gasteiger charge is -2.04. The van der Waals surface area contributed by atoms with Crippen LogP contribution in [0.2, 0.25) is 0 Å². The molecule has 17 heavy (non-hydrogen) atoms. The number of aromatic nitrogens is 2. The number of hydrogen-bond acceptors (Lipinski definition) is 3. The zero-order valence-corrected chi connectivity index (χ0v) is 9.65. The molecule has 2 N–H and O–H groups in total. The van der Waals surface area contributed by atoms with Crippen molar-refractivity contribution in [2.45, 2.75) is 6.92 Å². The topological polar surface area (TPSA) is 67.0 Å². The Kier molecular flexibility index (Phi) is 3.09. The van der Waals surface area contributed by atoms with Gasteiger partial charge in [0.1, 0.15) is 0 Å². The first-order chi connectivity index (χ1) is 8.19. The van der Waals surface area contributed by atoms with E-state index in [0.717, 1.165) is 17.0 Å². The number of methoxy groups -OCH3 is 1. The van der Waals surface area contributed by atoms with Crippen LogP contribution < -0.4 is 5.32 Å². The van der Waals surface area contributed by atoms with E-state index in [4.69, 9.17) is 0 Å². The standard InChI is InChI=1S/C12H13N3O2/c1-8-6-11(15-14-8)9-4-3-5-10(7-9)13-12(16)17-2/h3-7H,1-2H3,(H,13,16)(H,14,15). The van der Waals surface area contributed by atoms with Gasteiger partial charge in [0.05, 0.1) is 12.8 Å². The highest BCUT2D eigenvalue weighted by molar-refractivity contribution is 5.85. The van der Waals surface area contributed by atoms with Crippen LogP contribution in [-0.4, -0.2) is 23.4 Å². The molecular weight excluding hydrogens is 218 g/mol. The van der Waals surface area contributed by atoms with Crippen molar-refractivity contribution in [3.8, 4) is 11.3 Å². The van der Waals surface area contributed by atoms with Gasteiger partial charge >= 0.3 is 6.09 Å². The molecular formula is C12H13N3O2. The van der Waals surface area contributed by atoms with Crippen molar-refractivity contribution in [1.29, 1.82) is 0 Å². The normalized spacial score (nSPS) is 10.0. The van der Waals surface area contributed by atoms with Crippen molar-refractivity contribution < 1.29 is 9.53 Å². The van der Waals surface area contributed by atoms with E-state index >= 15 is 0 Å². The van der Waals surface area contributed by atoms with Crippen LogP contribution in [0.15, 0.2) is 30.3 Å². The molecule has 88 valence electrons. The number of nitrogens with zero attached hydrogens (tertiary/aromatic N) is 1. The molecule has 0 fully saturated rings. The summed E-state index contributed by atoms with van der Waals surface area (Å²) in [4.78, 5) is 11.1. The number of aromatic amines is 1. The second kappa shape index (κ2) is 4.69. The molecule has 0 bridgehead atoms. The molecule has 2 aromatic rings. The number of carbonyl (C=O) groups is 1. The van der Waals surface area contributed by atoms with Crippen molar-refractivity contribution in [2.24, 2.45) is 0 Å². The first-order valence-electron chi connectivity index (χ1n) is 5.16. The Hall–Kier alpha value is -2.30. The van der Waals surface area contributed by atoms with Crippen molar-refractivity contribution in [2.75, 3.05) is 12.4 Å². The third-order valence-corrected chi connectivity index (χ3v) is 2.30. The lowest BCUT2D eigenvalue weighted by molar-refractivity contribution is 0.187. The Bertz CT molecular complexity index is 534. The lowest BCUT2D eigenvalue weighted by Crippen LogP contribution is -2.10. The average molecular weight is 231 g/mol. The monoisotopic (exact) mass is 231 g/mol. The summed E-state index contributed by atoms with van der Waals surface area (Å²) < 4.78 is 4.53. The molecule has 0 spiro atoms. The van der Waals surface area contributed by atoms with Crippen molar-refractivity contribution in [1.82, 2.24) is 10.2 Å². The Labute approximate surface area is 98.8 Å². The number of benzene rings is 1. The zero-order chi connectivity index (χ0) is 12.3. The highest BCUT2D eigenvalue weighted by Crippen LogP contribution is 2.21. The smallest absolute Gasteiger partial charge is 0.411 e. The highest BCUT2D eigenvalue weighted by Gasteiger charge is 2.04. The van der Waals surface area contributed by atoms with Gasteiger partial charge in [0.15, 0.2) is 0 Å². The minimum atomic E-state index is -0.486. The molecule has 0 saturated carbocycles. The van der Waals surface area contributed by atoms with Gasteiger partial charge in [0.25, 0.3) is 0 Å². The van der Waals surface area contributed by atoms with E-state index in [0.29, 0.717) is 5.69 Å². The summed E-state index contributed by atoms with van der Waals surface area (Å²) in [6.07, 6.45) is -0.486. The van der Waals surface area contributed by atoms with Crippen molar-refractivity contribution in [3.05, 3.63) is 36.0 Å². The van der Waals surface area contributed by atoms with Crippen LogP contribution in [-0.2, 0) is 4.74 Å². The van der Waals surface area contributed by atoms with Gasteiger partial charge in [-0.1, -0.05) is 12.1 Å². The highest BCUT2D eigenvalue weighted by atomic mass is 16.5. The molecule has 0 aliphatic rings. The predicted molar refractivity (Wildman–Crippen MR) is 64.8 cm³/mol. The lowest BCUT2D eigenvalue weighted by atomic mass is 10.1. The molecule has 1 aromatic heterocycles. The van der Waals surface area contributed by atoms with E-state index < -0.39 is 6.09 Å². The summed E-state index contributed by atoms with van der Waals surface area (Å²) in [7, 11) is 1.33. The quantitative estimate of drug-likeness (QED) is 0.834. The Morgan fingerprint density at radius 1 is 1.41 bits per heavy atom. The molecule has 1 aromatic carbocycles. The van der Waals surface area contributed by atoms with Crippen molar-refractivity contribution in [3.63, 3.8) is 0 Å². The largest absolute Gasteiger partial charge is 0.453 e. The van der Waals surface area contributed by atoms with Crippen LogP contribution in [0.3, 0.4) is 0 Å². The van der Waals surface area contributed by atoms with Crippen LogP contribution in [0.5, 0.6) is 0 Å². The molecule has 2 rings (SSSR count). The second-order valence-corrected chi connectivity index (χ2v) is 3.63. The van der Waals surface area contributed by atoms with Gasteiger partial charge in [-0.3, -0.25) is 10.4 Å². The summed E-state index contributed by atoms with van der Waals surface area (Å²) in [5.74, 6) is 0. The van der Waals surface area contributed by atoms with Gasteiger partial charge < -0.3 is 4.74 Å². The van der Waals surface area contributed by atoms with Crippen LogP contribution >= 0.6 is 0 Å². The molecule has 0 aliphatic carbocycles. The number of amides is 1. The summed E-state index contributed by atoms with van der Waals surface area (Å²) in [5.41, 5.74) is 3.45. The molecule has 5 nitrogen and oxygen atoms in total. The first kappa shape index (κ1) is 11.2. The summed E-state index contributed by atoms with van der Waals surface area (Å²) >= 11 is 0. The number of carbonyl (C=O) groups excluding carboxylic acids is 1. The van der Waals surface area contributed by atoms with E-state index in [-0.39, 0.29) is 0 Å². The maximum Gasteiger partial charge on any atom is 0.411 e. The minimum absolute atomic E-state index is 0.486. The summed E-state index contributed by atoms with van der Waals surface area (Å²) in [5, 5.41) is 9.64. The molecule has 0 saturated heterocycles. The van der Waals surface area contributed by atoms with E-state index in [1.165, 1.54) is 7.11 Å². The maximum atomic E-state index is 11.1. The number of aryl methyl sites for hydroxylation is 1. The average Bonchev–Trinajstić information content (AvgIpc) is 2.76. The van der Waals surface area contributed by atoms with Crippen LogP contribution in [0, 0.1) is 6.92 Å².